The summed E-state index contributed by atoms with van der Waals surface area (Å²) in [6.45, 7) is 0. The lowest BCUT2D eigenvalue weighted by molar-refractivity contribution is 0.0699. The SMILES string of the molecule is O=C(c1cncnc1)c1cc(C(=O)O)c2ncccc2c1. The maximum absolute atomic E-state index is 12.4. The Morgan fingerprint density at radius 3 is 2.52 bits per heavy atom. The van der Waals surface area contributed by atoms with Crippen molar-refractivity contribution in [3.05, 3.63) is 65.9 Å². The fraction of sp³-hybridized carbons (Fsp3) is 0. The summed E-state index contributed by atoms with van der Waals surface area (Å²) in [5.41, 5.74) is 0.916. The molecule has 0 aliphatic rings. The van der Waals surface area contributed by atoms with Gasteiger partial charge in [0.15, 0.2) is 5.78 Å². The highest BCUT2D eigenvalue weighted by molar-refractivity contribution is 6.13. The number of fused-ring (bicyclic) bond motifs is 1. The molecular formula is C15H9N3O3. The molecule has 0 saturated heterocycles. The van der Waals surface area contributed by atoms with Gasteiger partial charge in [0.25, 0.3) is 0 Å². The molecule has 0 bridgehead atoms. The third-order valence-electron chi connectivity index (χ3n) is 3.02. The van der Waals surface area contributed by atoms with Gasteiger partial charge in [-0.15, -0.1) is 0 Å². The van der Waals surface area contributed by atoms with E-state index in [9.17, 15) is 14.7 Å². The number of aromatic nitrogens is 3. The zero-order valence-electron chi connectivity index (χ0n) is 10.7. The Morgan fingerprint density at radius 1 is 1.05 bits per heavy atom. The average Bonchev–Trinajstić information content (AvgIpc) is 2.53. The zero-order valence-corrected chi connectivity index (χ0v) is 10.7. The largest absolute Gasteiger partial charge is 0.478 e. The Morgan fingerprint density at radius 2 is 1.81 bits per heavy atom. The monoisotopic (exact) mass is 279 g/mol. The standard InChI is InChI=1S/C15H9N3O3/c19-14(11-6-16-8-17-7-11)10-4-9-2-1-3-18-13(9)12(5-10)15(20)21/h1-8H,(H,20,21). The molecule has 0 saturated carbocycles. The summed E-state index contributed by atoms with van der Waals surface area (Å²) in [5, 5.41) is 9.88. The first-order valence-electron chi connectivity index (χ1n) is 6.08. The van der Waals surface area contributed by atoms with Crippen LogP contribution in [-0.4, -0.2) is 31.8 Å². The molecule has 3 aromatic rings. The van der Waals surface area contributed by atoms with Gasteiger partial charge in [-0.2, -0.15) is 0 Å². The number of carbonyl (C=O) groups is 2. The quantitative estimate of drug-likeness (QED) is 0.736. The van der Waals surface area contributed by atoms with Crippen molar-refractivity contribution in [1.82, 2.24) is 15.0 Å². The van der Waals surface area contributed by atoms with Crippen LogP contribution in [0.25, 0.3) is 10.9 Å². The number of ketones is 1. The van der Waals surface area contributed by atoms with E-state index in [-0.39, 0.29) is 16.9 Å². The first-order chi connectivity index (χ1) is 10.2. The van der Waals surface area contributed by atoms with Crippen molar-refractivity contribution < 1.29 is 14.7 Å². The topological polar surface area (TPSA) is 93.0 Å². The number of aromatic carboxylic acids is 1. The lowest BCUT2D eigenvalue weighted by atomic mass is 10.00. The molecule has 3 rings (SSSR count). The molecule has 102 valence electrons. The molecule has 1 aromatic carbocycles. The van der Waals surface area contributed by atoms with Gasteiger partial charge in [-0.3, -0.25) is 9.78 Å². The number of hydrogen-bond acceptors (Lipinski definition) is 5. The van der Waals surface area contributed by atoms with Gasteiger partial charge in [-0.05, 0) is 18.2 Å². The van der Waals surface area contributed by atoms with Crippen LogP contribution in [0.3, 0.4) is 0 Å². The van der Waals surface area contributed by atoms with Gasteiger partial charge in [0.2, 0.25) is 0 Å². The molecule has 0 aliphatic carbocycles. The first-order valence-corrected chi connectivity index (χ1v) is 6.08. The lowest BCUT2D eigenvalue weighted by Crippen LogP contribution is -2.06. The molecule has 2 heterocycles. The lowest BCUT2D eigenvalue weighted by Gasteiger charge is -2.06. The van der Waals surface area contributed by atoms with Crippen LogP contribution in [0.2, 0.25) is 0 Å². The Hall–Kier alpha value is -3.15. The second-order valence-corrected chi connectivity index (χ2v) is 4.36. The second-order valence-electron chi connectivity index (χ2n) is 4.36. The van der Waals surface area contributed by atoms with E-state index in [1.165, 1.54) is 31.0 Å². The number of carboxylic acid groups (broad SMARTS) is 1. The molecule has 0 spiro atoms. The summed E-state index contributed by atoms with van der Waals surface area (Å²) in [7, 11) is 0. The summed E-state index contributed by atoms with van der Waals surface area (Å²) in [6, 6.07) is 6.35. The van der Waals surface area contributed by atoms with E-state index in [0.717, 1.165) is 0 Å². The van der Waals surface area contributed by atoms with Crippen molar-refractivity contribution in [2.45, 2.75) is 0 Å². The predicted molar refractivity (Wildman–Crippen MR) is 74.2 cm³/mol. The van der Waals surface area contributed by atoms with E-state index in [1.807, 2.05) is 0 Å². The number of carbonyl (C=O) groups excluding carboxylic acids is 1. The van der Waals surface area contributed by atoms with Crippen LogP contribution < -0.4 is 0 Å². The highest BCUT2D eigenvalue weighted by Gasteiger charge is 2.16. The number of hydrogen-bond donors (Lipinski definition) is 1. The Balaban J connectivity index is 2.20. The highest BCUT2D eigenvalue weighted by atomic mass is 16.4. The summed E-state index contributed by atoms with van der Waals surface area (Å²) < 4.78 is 0. The van der Waals surface area contributed by atoms with Gasteiger partial charge < -0.3 is 5.11 Å². The summed E-state index contributed by atoms with van der Waals surface area (Å²) in [5.74, 6) is -1.46. The molecule has 2 aromatic heterocycles. The first kappa shape index (κ1) is 12.9. The molecule has 0 aliphatic heterocycles. The van der Waals surface area contributed by atoms with Gasteiger partial charge in [0, 0.05) is 29.5 Å². The molecule has 6 nitrogen and oxygen atoms in total. The summed E-state index contributed by atoms with van der Waals surface area (Å²) in [4.78, 5) is 35.4. The zero-order chi connectivity index (χ0) is 14.8. The van der Waals surface area contributed by atoms with E-state index < -0.39 is 5.97 Å². The van der Waals surface area contributed by atoms with E-state index in [1.54, 1.807) is 18.2 Å². The van der Waals surface area contributed by atoms with Gasteiger partial charge in [-0.1, -0.05) is 6.07 Å². The van der Waals surface area contributed by atoms with Crippen LogP contribution >= 0.6 is 0 Å². The van der Waals surface area contributed by atoms with Crippen molar-refractivity contribution in [3.63, 3.8) is 0 Å². The minimum atomic E-state index is -1.13. The van der Waals surface area contributed by atoms with Gasteiger partial charge >= 0.3 is 5.97 Å². The second kappa shape index (κ2) is 5.09. The number of carboxylic acids is 1. The van der Waals surface area contributed by atoms with Gasteiger partial charge in [-0.25, -0.2) is 14.8 Å². The Kier molecular flexibility index (Phi) is 3.12. The van der Waals surface area contributed by atoms with Gasteiger partial charge in [0.1, 0.15) is 6.33 Å². The van der Waals surface area contributed by atoms with Crippen LogP contribution in [0.5, 0.6) is 0 Å². The normalized spacial score (nSPS) is 10.5. The van der Waals surface area contributed by atoms with E-state index in [2.05, 4.69) is 15.0 Å². The third kappa shape index (κ3) is 2.34. The number of benzene rings is 1. The van der Waals surface area contributed by atoms with E-state index in [0.29, 0.717) is 16.5 Å². The van der Waals surface area contributed by atoms with Crippen LogP contribution in [0.1, 0.15) is 26.3 Å². The maximum atomic E-state index is 12.4. The Labute approximate surface area is 119 Å². The summed E-state index contributed by atoms with van der Waals surface area (Å²) >= 11 is 0. The van der Waals surface area contributed by atoms with E-state index >= 15 is 0 Å². The smallest absolute Gasteiger partial charge is 0.337 e. The van der Waals surface area contributed by atoms with Crippen LogP contribution in [0.15, 0.2) is 49.2 Å². The van der Waals surface area contributed by atoms with Crippen LogP contribution in [-0.2, 0) is 0 Å². The van der Waals surface area contributed by atoms with Crippen molar-refractivity contribution >= 4 is 22.7 Å². The number of nitrogens with zero attached hydrogens (tertiary/aromatic N) is 3. The highest BCUT2D eigenvalue weighted by Crippen LogP contribution is 2.21. The molecule has 1 N–H and O–H groups in total. The maximum Gasteiger partial charge on any atom is 0.337 e. The fourth-order valence-electron chi connectivity index (χ4n) is 2.07. The molecule has 0 amide bonds. The molecule has 0 radical (unpaired) electrons. The molecular weight excluding hydrogens is 270 g/mol. The number of pyridine rings is 1. The minimum Gasteiger partial charge on any atom is -0.478 e. The van der Waals surface area contributed by atoms with Crippen molar-refractivity contribution in [3.8, 4) is 0 Å². The molecule has 6 heteroatoms. The van der Waals surface area contributed by atoms with E-state index in [4.69, 9.17) is 0 Å². The number of rotatable bonds is 3. The average molecular weight is 279 g/mol. The third-order valence-corrected chi connectivity index (χ3v) is 3.02. The van der Waals surface area contributed by atoms with Crippen molar-refractivity contribution in [2.75, 3.05) is 0 Å². The minimum absolute atomic E-state index is 0.00620. The van der Waals surface area contributed by atoms with Crippen molar-refractivity contribution in [1.29, 1.82) is 0 Å². The predicted octanol–water partition coefficient (Wildman–Crippen LogP) is 1.95. The fourth-order valence-corrected chi connectivity index (χ4v) is 2.07. The summed E-state index contributed by atoms with van der Waals surface area (Å²) in [6.07, 6.45) is 5.62. The molecule has 0 atom stereocenters. The van der Waals surface area contributed by atoms with Crippen LogP contribution in [0.4, 0.5) is 0 Å². The molecule has 0 fully saturated rings. The van der Waals surface area contributed by atoms with Crippen molar-refractivity contribution in [2.24, 2.45) is 0 Å². The van der Waals surface area contributed by atoms with Crippen LogP contribution in [0, 0.1) is 0 Å². The molecule has 21 heavy (non-hydrogen) atoms. The molecule has 0 unspecified atom stereocenters. The Bertz CT molecular complexity index is 847. The van der Waals surface area contributed by atoms with Gasteiger partial charge in [0.05, 0.1) is 16.6 Å².